The normalized spacial score (nSPS) is 16.4. The van der Waals surface area contributed by atoms with Crippen molar-refractivity contribution in [1.29, 1.82) is 0 Å². The van der Waals surface area contributed by atoms with E-state index in [1.165, 1.54) is 43.4 Å². The number of rotatable bonds is 3. The SMILES string of the molecule is Nc1nnc(-c2ccc(OC3CCCCC3)cc2)s1. The van der Waals surface area contributed by atoms with E-state index in [0.717, 1.165) is 16.3 Å². The van der Waals surface area contributed by atoms with Gasteiger partial charge in [-0.3, -0.25) is 0 Å². The molecule has 1 saturated carbocycles. The van der Waals surface area contributed by atoms with Crippen LogP contribution in [0.4, 0.5) is 5.13 Å². The summed E-state index contributed by atoms with van der Waals surface area (Å²) in [5.41, 5.74) is 6.62. The molecule has 19 heavy (non-hydrogen) atoms. The van der Waals surface area contributed by atoms with Gasteiger partial charge >= 0.3 is 0 Å². The van der Waals surface area contributed by atoms with Gasteiger partial charge in [0.1, 0.15) is 10.8 Å². The number of aromatic nitrogens is 2. The zero-order chi connectivity index (χ0) is 13.1. The number of nitrogens with two attached hydrogens (primary N) is 1. The molecule has 1 aromatic carbocycles. The van der Waals surface area contributed by atoms with Gasteiger partial charge in [0.25, 0.3) is 0 Å². The zero-order valence-corrected chi connectivity index (χ0v) is 11.5. The van der Waals surface area contributed by atoms with E-state index >= 15 is 0 Å². The van der Waals surface area contributed by atoms with Crippen molar-refractivity contribution >= 4 is 16.5 Å². The summed E-state index contributed by atoms with van der Waals surface area (Å²) < 4.78 is 5.99. The summed E-state index contributed by atoms with van der Waals surface area (Å²) in [7, 11) is 0. The highest BCUT2D eigenvalue weighted by Gasteiger charge is 2.14. The van der Waals surface area contributed by atoms with Crippen molar-refractivity contribution in [1.82, 2.24) is 10.2 Å². The first-order chi connectivity index (χ1) is 9.31. The molecule has 0 amide bonds. The third-order valence-electron chi connectivity index (χ3n) is 3.40. The number of nitrogens with zero attached hydrogens (tertiary/aromatic N) is 2. The smallest absolute Gasteiger partial charge is 0.203 e. The van der Waals surface area contributed by atoms with Gasteiger partial charge in [0.15, 0.2) is 0 Å². The van der Waals surface area contributed by atoms with Crippen LogP contribution in [-0.2, 0) is 0 Å². The minimum absolute atomic E-state index is 0.386. The fourth-order valence-corrected chi connectivity index (χ4v) is 3.02. The summed E-state index contributed by atoms with van der Waals surface area (Å²) in [4.78, 5) is 0. The Morgan fingerprint density at radius 3 is 2.42 bits per heavy atom. The Bertz CT molecular complexity index is 532. The number of ether oxygens (including phenoxy) is 1. The highest BCUT2D eigenvalue weighted by molar-refractivity contribution is 7.18. The molecular weight excluding hydrogens is 258 g/mol. The Labute approximate surface area is 116 Å². The van der Waals surface area contributed by atoms with Gasteiger partial charge in [-0.1, -0.05) is 17.8 Å². The third kappa shape index (κ3) is 3.04. The molecular formula is C14H17N3OS. The first kappa shape index (κ1) is 12.4. The predicted octanol–water partition coefficient (Wildman–Crippen LogP) is 3.50. The summed E-state index contributed by atoms with van der Waals surface area (Å²) >= 11 is 1.40. The molecule has 0 saturated heterocycles. The zero-order valence-electron chi connectivity index (χ0n) is 10.7. The molecule has 1 fully saturated rings. The second-order valence-corrected chi connectivity index (χ2v) is 5.86. The number of anilines is 1. The highest BCUT2D eigenvalue weighted by atomic mass is 32.1. The third-order valence-corrected chi connectivity index (χ3v) is 4.20. The Morgan fingerprint density at radius 1 is 1.05 bits per heavy atom. The second-order valence-electron chi connectivity index (χ2n) is 4.85. The Balaban J connectivity index is 1.68. The van der Waals surface area contributed by atoms with Crippen LogP contribution in [0.2, 0.25) is 0 Å². The summed E-state index contributed by atoms with van der Waals surface area (Å²) in [5.74, 6) is 0.938. The number of hydrogen-bond acceptors (Lipinski definition) is 5. The van der Waals surface area contributed by atoms with Crippen LogP contribution >= 0.6 is 11.3 Å². The van der Waals surface area contributed by atoms with E-state index in [9.17, 15) is 0 Å². The van der Waals surface area contributed by atoms with E-state index in [1.807, 2.05) is 24.3 Å². The average Bonchev–Trinajstić information content (AvgIpc) is 2.87. The molecule has 0 radical (unpaired) electrons. The lowest BCUT2D eigenvalue weighted by molar-refractivity contribution is 0.155. The average molecular weight is 275 g/mol. The number of benzene rings is 1. The van der Waals surface area contributed by atoms with Crippen molar-refractivity contribution < 1.29 is 4.74 Å². The van der Waals surface area contributed by atoms with Crippen LogP contribution in [0.25, 0.3) is 10.6 Å². The van der Waals surface area contributed by atoms with Crippen LogP contribution in [0.1, 0.15) is 32.1 Å². The summed E-state index contributed by atoms with van der Waals surface area (Å²) in [6.45, 7) is 0. The molecule has 2 N–H and O–H groups in total. The number of nitrogen functional groups attached to an aromatic ring is 1. The van der Waals surface area contributed by atoms with Crippen molar-refractivity contribution in [3.8, 4) is 16.3 Å². The molecule has 2 aromatic rings. The largest absolute Gasteiger partial charge is 0.490 e. The molecule has 5 heteroatoms. The maximum atomic E-state index is 5.99. The van der Waals surface area contributed by atoms with E-state index in [0.29, 0.717) is 11.2 Å². The van der Waals surface area contributed by atoms with E-state index in [2.05, 4.69) is 10.2 Å². The summed E-state index contributed by atoms with van der Waals surface area (Å²) in [6, 6.07) is 8.03. The maximum Gasteiger partial charge on any atom is 0.203 e. The lowest BCUT2D eigenvalue weighted by Crippen LogP contribution is -2.19. The van der Waals surface area contributed by atoms with Gasteiger partial charge in [-0.25, -0.2) is 0 Å². The molecule has 0 spiro atoms. The lowest BCUT2D eigenvalue weighted by Gasteiger charge is -2.22. The Kier molecular flexibility index (Phi) is 3.64. The molecule has 100 valence electrons. The molecule has 4 nitrogen and oxygen atoms in total. The number of hydrogen-bond donors (Lipinski definition) is 1. The molecule has 3 rings (SSSR count). The first-order valence-corrected chi connectivity index (χ1v) is 7.49. The molecule has 1 aliphatic rings. The fourth-order valence-electron chi connectivity index (χ4n) is 2.40. The fraction of sp³-hybridized carbons (Fsp3) is 0.429. The monoisotopic (exact) mass is 275 g/mol. The van der Waals surface area contributed by atoms with Gasteiger partial charge in [-0.15, -0.1) is 10.2 Å². The Hall–Kier alpha value is -1.62. The highest BCUT2D eigenvalue weighted by Crippen LogP contribution is 2.28. The molecule has 0 atom stereocenters. The quantitative estimate of drug-likeness (QED) is 0.931. The molecule has 1 aromatic heterocycles. The summed E-state index contributed by atoms with van der Waals surface area (Å²) in [5, 5.41) is 9.20. The van der Waals surface area contributed by atoms with Gasteiger partial charge in [0.2, 0.25) is 5.13 Å². The standard InChI is InChI=1S/C14H17N3OS/c15-14-17-16-13(19-14)10-6-8-12(9-7-10)18-11-4-2-1-3-5-11/h6-9,11H,1-5H2,(H2,15,17). The van der Waals surface area contributed by atoms with E-state index in [-0.39, 0.29) is 0 Å². The first-order valence-electron chi connectivity index (χ1n) is 6.67. The van der Waals surface area contributed by atoms with E-state index in [4.69, 9.17) is 10.5 Å². The van der Waals surface area contributed by atoms with Gasteiger partial charge in [-0.05, 0) is 49.9 Å². The molecule has 0 unspecified atom stereocenters. The van der Waals surface area contributed by atoms with Gasteiger partial charge in [0.05, 0.1) is 6.10 Å². The molecule has 0 bridgehead atoms. The summed E-state index contributed by atoms with van der Waals surface area (Å²) in [6.07, 6.45) is 6.65. The molecule has 1 aliphatic carbocycles. The van der Waals surface area contributed by atoms with E-state index in [1.54, 1.807) is 0 Å². The topological polar surface area (TPSA) is 61.0 Å². The van der Waals surface area contributed by atoms with Crippen LogP contribution in [0.3, 0.4) is 0 Å². The van der Waals surface area contributed by atoms with Crippen LogP contribution < -0.4 is 10.5 Å². The van der Waals surface area contributed by atoms with Crippen molar-refractivity contribution in [2.45, 2.75) is 38.2 Å². The van der Waals surface area contributed by atoms with Gasteiger partial charge < -0.3 is 10.5 Å². The van der Waals surface area contributed by atoms with Crippen LogP contribution in [-0.4, -0.2) is 16.3 Å². The minimum Gasteiger partial charge on any atom is -0.490 e. The van der Waals surface area contributed by atoms with E-state index < -0.39 is 0 Å². The van der Waals surface area contributed by atoms with Crippen molar-refractivity contribution in [2.75, 3.05) is 5.73 Å². The molecule has 1 heterocycles. The Morgan fingerprint density at radius 2 is 1.79 bits per heavy atom. The lowest BCUT2D eigenvalue weighted by atomic mass is 9.98. The van der Waals surface area contributed by atoms with Crippen molar-refractivity contribution in [2.24, 2.45) is 0 Å². The van der Waals surface area contributed by atoms with Crippen LogP contribution in [0.5, 0.6) is 5.75 Å². The van der Waals surface area contributed by atoms with Crippen LogP contribution in [0, 0.1) is 0 Å². The maximum absolute atomic E-state index is 5.99. The predicted molar refractivity (Wildman–Crippen MR) is 77.3 cm³/mol. The van der Waals surface area contributed by atoms with Crippen molar-refractivity contribution in [3.63, 3.8) is 0 Å². The van der Waals surface area contributed by atoms with Gasteiger partial charge in [0, 0.05) is 5.56 Å². The van der Waals surface area contributed by atoms with Gasteiger partial charge in [-0.2, -0.15) is 0 Å². The van der Waals surface area contributed by atoms with Crippen molar-refractivity contribution in [3.05, 3.63) is 24.3 Å². The van der Waals surface area contributed by atoms with Crippen LogP contribution in [0.15, 0.2) is 24.3 Å². The minimum atomic E-state index is 0.386. The molecule has 0 aliphatic heterocycles. The second kappa shape index (κ2) is 5.57.